The molecule has 0 aliphatic carbocycles. The van der Waals surface area contributed by atoms with Crippen molar-refractivity contribution in [1.82, 2.24) is 4.98 Å². The van der Waals surface area contributed by atoms with Crippen molar-refractivity contribution in [3.8, 4) is 11.5 Å². The van der Waals surface area contributed by atoms with E-state index in [1.54, 1.807) is 55.8 Å². The van der Waals surface area contributed by atoms with E-state index < -0.39 is 4.92 Å². The molecular formula is C23H24N4O6S. The maximum Gasteiger partial charge on any atom is 0.311 e. The van der Waals surface area contributed by atoms with Gasteiger partial charge in [-0.1, -0.05) is 6.07 Å². The number of benzene rings is 2. The minimum absolute atomic E-state index is 0.0152. The molecule has 3 rings (SSSR count). The van der Waals surface area contributed by atoms with Crippen LogP contribution in [0.3, 0.4) is 0 Å². The van der Waals surface area contributed by atoms with Crippen LogP contribution in [-0.4, -0.2) is 35.8 Å². The standard InChI is InChI=1S/C23H24N4O6S/c1-4-32-22(28)11-18-14-34-23(25-18)26-24-12-16-6-8-20(21(10-16)31-3)33-13-17-7-5-15(2)9-19(17)27(29)30/h5-10,12,14H,4,11,13H2,1-3H3,(H,25,26). The van der Waals surface area contributed by atoms with Crippen molar-refractivity contribution >= 4 is 34.3 Å². The Bertz CT molecular complexity index is 1190. The molecule has 0 bridgehead atoms. The molecule has 1 heterocycles. The summed E-state index contributed by atoms with van der Waals surface area (Å²) in [5.74, 6) is 0.588. The Kier molecular flexibility index (Phi) is 8.52. The average Bonchev–Trinajstić information content (AvgIpc) is 3.25. The summed E-state index contributed by atoms with van der Waals surface area (Å²) in [5, 5.41) is 17.8. The van der Waals surface area contributed by atoms with Gasteiger partial charge in [0, 0.05) is 11.4 Å². The third-order valence-corrected chi connectivity index (χ3v) is 5.36. The van der Waals surface area contributed by atoms with Crippen molar-refractivity contribution in [1.29, 1.82) is 0 Å². The molecule has 1 aromatic heterocycles. The number of aryl methyl sites for hydroxylation is 1. The molecular weight excluding hydrogens is 460 g/mol. The van der Waals surface area contributed by atoms with E-state index in [9.17, 15) is 14.9 Å². The number of nitrogens with one attached hydrogen (secondary N) is 1. The van der Waals surface area contributed by atoms with E-state index in [2.05, 4.69) is 15.5 Å². The van der Waals surface area contributed by atoms with E-state index in [4.69, 9.17) is 14.2 Å². The maximum absolute atomic E-state index is 11.5. The van der Waals surface area contributed by atoms with Crippen molar-refractivity contribution < 1.29 is 23.9 Å². The average molecular weight is 485 g/mol. The van der Waals surface area contributed by atoms with Gasteiger partial charge in [0.1, 0.15) is 6.61 Å². The number of rotatable bonds is 11. The zero-order valence-corrected chi connectivity index (χ0v) is 19.8. The van der Waals surface area contributed by atoms with Crippen LogP contribution in [0.4, 0.5) is 10.8 Å². The van der Waals surface area contributed by atoms with Gasteiger partial charge in [0.15, 0.2) is 11.5 Å². The third kappa shape index (κ3) is 6.75. The SMILES string of the molecule is CCOC(=O)Cc1csc(NN=Cc2ccc(OCc3ccc(C)cc3[N+](=O)[O-])c(OC)c2)n1. The van der Waals surface area contributed by atoms with Gasteiger partial charge in [-0.25, -0.2) is 4.98 Å². The predicted octanol–water partition coefficient (Wildman–Crippen LogP) is 4.50. The largest absolute Gasteiger partial charge is 0.493 e. The molecule has 10 nitrogen and oxygen atoms in total. The fraction of sp³-hybridized carbons (Fsp3) is 0.261. The number of hydrogen-bond donors (Lipinski definition) is 1. The molecule has 0 radical (unpaired) electrons. The lowest BCUT2D eigenvalue weighted by molar-refractivity contribution is -0.385. The second-order valence-electron chi connectivity index (χ2n) is 7.08. The topological polar surface area (TPSA) is 125 Å². The molecule has 0 spiro atoms. The van der Waals surface area contributed by atoms with Crippen LogP contribution in [-0.2, 0) is 22.6 Å². The molecule has 0 aliphatic rings. The highest BCUT2D eigenvalue weighted by Crippen LogP contribution is 2.30. The highest BCUT2D eigenvalue weighted by Gasteiger charge is 2.15. The summed E-state index contributed by atoms with van der Waals surface area (Å²) in [6, 6.07) is 10.2. The number of nitro benzene ring substituents is 1. The van der Waals surface area contributed by atoms with Gasteiger partial charge in [-0.2, -0.15) is 5.10 Å². The number of nitro groups is 1. The predicted molar refractivity (Wildman–Crippen MR) is 129 cm³/mol. The first-order chi connectivity index (χ1) is 16.4. The van der Waals surface area contributed by atoms with Crippen LogP contribution in [0.5, 0.6) is 11.5 Å². The van der Waals surface area contributed by atoms with Crippen LogP contribution in [0, 0.1) is 17.0 Å². The minimum atomic E-state index is -0.419. The van der Waals surface area contributed by atoms with E-state index in [-0.39, 0.29) is 24.7 Å². The third-order valence-electron chi connectivity index (χ3n) is 4.56. The van der Waals surface area contributed by atoms with Gasteiger partial charge in [-0.3, -0.25) is 20.3 Å². The van der Waals surface area contributed by atoms with Crippen molar-refractivity contribution in [2.24, 2.45) is 5.10 Å². The van der Waals surface area contributed by atoms with E-state index >= 15 is 0 Å². The molecule has 0 saturated carbocycles. The summed E-state index contributed by atoms with van der Waals surface area (Å²) < 4.78 is 16.1. The summed E-state index contributed by atoms with van der Waals surface area (Å²) >= 11 is 1.33. The summed E-state index contributed by atoms with van der Waals surface area (Å²) in [5.41, 5.74) is 5.46. The van der Waals surface area contributed by atoms with Gasteiger partial charge in [0.25, 0.3) is 5.69 Å². The second-order valence-corrected chi connectivity index (χ2v) is 7.94. The number of ether oxygens (including phenoxy) is 3. The van der Waals surface area contributed by atoms with Crippen LogP contribution in [0.15, 0.2) is 46.9 Å². The summed E-state index contributed by atoms with van der Waals surface area (Å²) in [6.45, 7) is 3.91. The Morgan fingerprint density at radius 1 is 1.26 bits per heavy atom. The Morgan fingerprint density at radius 3 is 2.82 bits per heavy atom. The number of aromatic nitrogens is 1. The van der Waals surface area contributed by atoms with Gasteiger partial charge in [0.2, 0.25) is 5.13 Å². The molecule has 178 valence electrons. The van der Waals surface area contributed by atoms with Crippen molar-refractivity contribution in [3.63, 3.8) is 0 Å². The Hall–Kier alpha value is -3.99. The normalized spacial score (nSPS) is 10.8. The van der Waals surface area contributed by atoms with E-state index in [1.165, 1.54) is 24.5 Å². The maximum atomic E-state index is 11.5. The van der Waals surface area contributed by atoms with Crippen LogP contribution < -0.4 is 14.9 Å². The van der Waals surface area contributed by atoms with Gasteiger partial charge >= 0.3 is 5.97 Å². The molecule has 3 aromatic rings. The smallest absolute Gasteiger partial charge is 0.311 e. The first-order valence-corrected chi connectivity index (χ1v) is 11.2. The first kappa shape index (κ1) is 24.6. The fourth-order valence-corrected chi connectivity index (χ4v) is 3.63. The molecule has 1 N–H and O–H groups in total. The highest BCUT2D eigenvalue weighted by molar-refractivity contribution is 7.13. The number of nitrogens with zero attached hydrogens (tertiary/aromatic N) is 3. The number of thiazole rings is 1. The van der Waals surface area contributed by atoms with Crippen molar-refractivity contribution in [2.75, 3.05) is 19.1 Å². The monoisotopic (exact) mass is 484 g/mol. The molecule has 0 amide bonds. The van der Waals surface area contributed by atoms with Crippen LogP contribution in [0.25, 0.3) is 0 Å². The summed E-state index contributed by atoms with van der Waals surface area (Å²) in [7, 11) is 1.51. The minimum Gasteiger partial charge on any atom is -0.493 e. The van der Waals surface area contributed by atoms with E-state index in [0.717, 1.165) is 11.1 Å². The van der Waals surface area contributed by atoms with Crippen LogP contribution in [0.2, 0.25) is 0 Å². The van der Waals surface area contributed by atoms with Crippen LogP contribution in [0.1, 0.15) is 29.3 Å². The summed E-state index contributed by atoms with van der Waals surface area (Å²) in [4.78, 5) is 26.7. The van der Waals surface area contributed by atoms with Crippen molar-refractivity contribution in [2.45, 2.75) is 26.9 Å². The van der Waals surface area contributed by atoms with Gasteiger partial charge in [-0.05, 0) is 49.2 Å². The molecule has 11 heteroatoms. The zero-order chi connectivity index (χ0) is 24.5. The number of anilines is 1. The Morgan fingerprint density at radius 2 is 2.09 bits per heavy atom. The number of carbonyl (C=O) groups excluding carboxylic acids is 1. The number of methoxy groups -OCH3 is 1. The number of hydrogen-bond acceptors (Lipinski definition) is 10. The van der Waals surface area contributed by atoms with Crippen molar-refractivity contribution in [3.05, 3.63) is 74.3 Å². The fourth-order valence-electron chi connectivity index (χ4n) is 2.97. The van der Waals surface area contributed by atoms with Gasteiger partial charge in [-0.15, -0.1) is 11.3 Å². The number of hydrazone groups is 1. The van der Waals surface area contributed by atoms with Gasteiger partial charge < -0.3 is 14.2 Å². The molecule has 0 atom stereocenters. The summed E-state index contributed by atoms with van der Waals surface area (Å²) in [6.07, 6.45) is 1.70. The zero-order valence-electron chi connectivity index (χ0n) is 18.9. The van der Waals surface area contributed by atoms with Crippen LogP contribution >= 0.6 is 11.3 Å². The molecule has 0 fully saturated rings. The lowest BCUT2D eigenvalue weighted by atomic mass is 10.1. The highest BCUT2D eigenvalue weighted by atomic mass is 32.1. The first-order valence-electron chi connectivity index (χ1n) is 10.3. The Balaban J connectivity index is 1.62. The number of carbonyl (C=O) groups is 1. The molecule has 0 saturated heterocycles. The molecule has 0 unspecified atom stereocenters. The van der Waals surface area contributed by atoms with E-state index in [1.807, 2.05) is 0 Å². The van der Waals surface area contributed by atoms with Gasteiger partial charge in [0.05, 0.1) is 42.5 Å². The molecule has 2 aromatic carbocycles. The van der Waals surface area contributed by atoms with E-state index in [0.29, 0.717) is 34.5 Å². The second kappa shape index (κ2) is 11.8. The quantitative estimate of drug-likeness (QED) is 0.183. The molecule has 34 heavy (non-hydrogen) atoms. The molecule has 0 aliphatic heterocycles. The lowest BCUT2D eigenvalue weighted by Gasteiger charge is -2.11. The Labute approximate surface area is 200 Å². The lowest BCUT2D eigenvalue weighted by Crippen LogP contribution is -2.07. The number of esters is 1.